The number of rotatable bonds is 8. The third-order valence-corrected chi connectivity index (χ3v) is 4.13. The zero-order valence-corrected chi connectivity index (χ0v) is 13.1. The summed E-state index contributed by atoms with van der Waals surface area (Å²) in [6, 6.07) is 4.91. The Labute approximate surface area is 120 Å². The number of hydrogen-bond acceptors (Lipinski definition) is 5. The van der Waals surface area contributed by atoms with Gasteiger partial charge >= 0.3 is 0 Å². The molecular weight excluding hydrogens is 280 g/mol. The molecule has 2 N–H and O–H groups in total. The van der Waals surface area contributed by atoms with Gasteiger partial charge in [0, 0.05) is 25.2 Å². The Morgan fingerprint density at radius 1 is 1.15 bits per heavy atom. The van der Waals surface area contributed by atoms with Crippen molar-refractivity contribution in [3.05, 3.63) is 18.2 Å². The van der Waals surface area contributed by atoms with Crippen LogP contribution in [0.4, 0.5) is 0 Å². The minimum absolute atomic E-state index is 0.102. The smallest absolute Gasteiger partial charge is 0.244 e. The van der Waals surface area contributed by atoms with E-state index < -0.39 is 10.0 Å². The van der Waals surface area contributed by atoms with E-state index in [-0.39, 0.29) is 10.6 Å². The van der Waals surface area contributed by atoms with Crippen LogP contribution >= 0.6 is 0 Å². The average Bonchev–Trinajstić information content (AvgIpc) is 2.42. The van der Waals surface area contributed by atoms with Crippen molar-refractivity contribution in [1.82, 2.24) is 10.0 Å². The van der Waals surface area contributed by atoms with Gasteiger partial charge in [0.25, 0.3) is 0 Å². The van der Waals surface area contributed by atoms with Gasteiger partial charge in [-0.15, -0.1) is 0 Å². The molecule has 1 rings (SSSR count). The largest absolute Gasteiger partial charge is 0.497 e. The first-order valence-corrected chi connectivity index (χ1v) is 7.84. The molecule has 0 aliphatic carbocycles. The van der Waals surface area contributed by atoms with Crippen LogP contribution in [-0.2, 0) is 10.0 Å². The van der Waals surface area contributed by atoms with Crippen LogP contribution in [-0.4, -0.2) is 41.8 Å². The maximum Gasteiger partial charge on any atom is 0.244 e. The summed E-state index contributed by atoms with van der Waals surface area (Å²) in [5.74, 6) is 0.802. The predicted molar refractivity (Wildman–Crippen MR) is 77.9 cm³/mol. The molecule has 6 nitrogen and oxygen atoms in total. The molecule has 0 fully saturated rings. The Morgan fingerprint density at radius 3 is 2.40 bits per heavy atom. The van der Waals surface area contributed by atoms with E-state index in [0.717, 1.165) is 0 Å². The molecule has 0 unspecified atom stereocenters. The Balaban J connectivity index is 2.81. The van der Waals surface area contributed by atoms with Crippen molar-refractivity contribution in [1.29, 1.82) is 0 Å². The molecule has 0 saturated heterocycles. The molecule has 1 aromatic rings. The summed E-state index contributed by atoms with van der Waals surface area (Å²) in [5.41, 5.74) is 0. The second-order valence-corrected chi connectivity index (χ2v) is 6.26. The predicted octanol–water partition coefficient (Wildman–Crippen LogP) is 0.980. The van der Waals surface area contributed by atoms with Crippen molar-refractivity contribution in [2.24, 2.45) is 0 Å². The lowest BCUT2D eigenvalue weighted by molar-refractivity contribution is 0.386. The molecule has 0 bridgehead atoms. The van der Waals surface area contributed by atoms with Gasteiger partial charge in [-0.3, -0.25) is 0 Å². The highest BCUT2D eigenvalue weighted by atomic mass is 32.2. The van der Waals surface area contributed by atoms with Gasteiger partial charge in [0.1, 0.15) is 16.4 Å². The van der Waals surface area contributed by atoms with E-state index in [2.05, 4.69) is 10.0 Å². The van der Waals surface area contributed by atoms with Gasteiger partial charge in [-0.2, -0.15) is 0 Å². The number of ether oxygens (including phenoxy) is 2. The molecule has 0 saturated carbocycles. The second-order valence-electron chi connectivity index (χ2n) is 4.52. The van der Waals surface area contributed by atoms with Gasteiger partial charge in [-0.25, -0.2) is 13.1 Å². The average molecular weight is 302 g/mol. The van der Waals surface area contributed by atoms with E-state index in [0.29, 0.717) is 24.9 Å². The monoisotopic (exact) mass is 302 g/mol. The topological polar surface area (TPSA) is 76.7 Å². The molecule has 0 amide bonds. The highest BCUT2D eigenvalue weighted by Crippen LogP contribution is 2.27. The summed E-state index contributed by atoms with van der Waals surface area (Å²) < 4.78 is 37.1. The lowest BCUT2D eigenvalue weighted by Gasteiger charge is -2.13. The second kappa shape index (κ2) is 7.47. The molecule has 1 aromatic carbocycles. The maximum atomic E-state index is 12.2. The molecule has 0 spiro atoms. The quantitative estimate of drug-likeness (QED) is 0.700. The highest BCUT2D eigenvalue weighted by molar-refractivity contribution is 7.89. The summed E-state index contributed by atoms with van der Waals surface area (Å²) in [6.07, 6.45) is 0. The number of methoxy groups -OCH3 is 2. The van der Waals surface area contributed by atoms with Crippen LogP contribution in [0.15, 0.2) is 23.1 Å². The first-order chi connectivity index (χ1) is 9.40. The van der Waals surface area contributed by atoms with E-state index >= 15 is 0 Å². The number of nitrogens with one attached hydrogen (secondary N) is 2. The van der Waals surface area contributed by atoms with Crippen molar-refractivity contribution >= 4 is 10.0 Å². The van der Waals surface area contributed by atoms with E-state index in [1.54, 1.807) is 12.1 Å². The fraction of sp³-hybridized carbons (Fsp3) is 0.538. The summed E-state index contributed by atoms with van der Waals surface area (Å²) in [4.78, 5) is 0.102. The third kappa shape index (κ3) is 4.66. The molecular formula is C13H22N2O4S. The van der Waals surface area contributed by atoms with Crippen molar-refractivity contribution < 1.29 is 17.9 Å². The van der Waals surface area contributed by atoms with Crippen LogP contribution < -0.4 is 19.5 Å². The molecule has 0 aliphatic rings. The molecule has 0 atom stereocenters. The Kier molecular flexibility index (Phi) is 6.25. The minimum Gasteiger partial charge on any atom is -0.497 e. The standard InChI is InChI=1S/C13H22N2O4S/c1-10(2)14-7-8-15-20(16,17)13-6-5-11(18-3)9-12(13)19-4/h5-6,9-10,14-15H,7-8H2,1-4H3. The lowest BCUT2D eigenvalue weighted by atomic mass is 10.3. The fourth-order valence-electron chi connectivity index (χ4n) is 1.62. The van der Waals surface area contributed by atoms with Crippen molar-refractivity contribution in [3.8, 4) is 11.5 Å². The van der Waals surface area contributed by atoms with Crippen LogP contribution in [0.1, 0.15) is 13.8 Å². The lowest BCUT2D eigenvalue weighted by Crippen LogP contribution is -2.34. The maximum absolute atomic E-state index is 12.2. The summed E-state index contributed by atoms with van der Waals surface area (Å²) in [7, 11) is -0.659. The minimum atomic E-state index is -3.60. The van der Waals surface area contributed by atoms with Gasteiger partial charge in [-0.1, -0.05) is 13.8 Å². The van der Waals surface area contributed by atoms with Crippen molar-refractivity contribution in [2.75, 3.05) is 27.3 Å². The van der Waals surface area contributed by atoms with Crippen LogP contribution in [0.3, 0.4) is 0 Å². The van der Waals surface area contributed by atoms with Crippen molar-refractivity contribution in [3.63, 3.8) is 0 Å². The van der Waals surface area contributed by atoms with Gasteiger partial charge in [-0.05, 0) is 12.1 Å². The Bertz CT molecular complexity index is 529. The Hall–Kier alpha value is -1.31. The summed E-state index contributed by atoms with van der Waals surface area (Å²) >= 11 is 0. The summed E-state index contributed by atoms with van der Waals surface area (Å²) in [5, 5.41) is 3.14. The molecule has 114 valence electrons. The zero-order valence-electron chi connectivity index (χ0n) is 12.3. The molecule has 20 heavy (non-hydrogen) atoms. The number of sulfonamides is 1. The van der Waals surface area contributed by atoms with Crippen LogP contribution in [0.25, 0.3) is 0 Å². The molecule has 0 aromatic heterocycles. The first kappa shape index (κ1) is 16.7. The number of hydrogen-bond donors (Lipinski definition) is 2. The molecule has 0 heterocycles. The van der Waals surface area contributed by atoms with E-state index in [1.807, 2.05) is 13.8 Å². The van der Waals surface area contributed by atoms with Crippen LogP contribution in [0.2, 0.25) is 0 Å². The fourth-order valence-corrected chi connectivity index (χ4v) is 2.80. The van der Waals surface area contributed by atoms with Gasteiger partial charge < -0.3 is 14.8 Å². The van der Waals surface area contributed by atoms with Crippen molar-refractivity contribution in [2.45, 2.75) is 24.8 Å². The molecule has 7 heteroatoms. The summed E-state index contributed by atoms with van der Waals surface area (Å²) in [6.45, 7) is 4.88. The van der Waals surface area contributed by atoms with E-state index in [1.165, 1.54) is 20.3 Å². The SMILES string of the molecule is COc1ccc(S(=O)(=O)NCCNC(C)C)c(OC)c1. The normalized spacial score (nSPS) is 11.7. The number of benzene rings is 1. The van der Waals surface area contributed by atoms with Crippen LogP contribution in [0.5, 0.6) is 11.5 Å². The van der Waals surface area contributed by atoms with Crippen LogP contribution in [0, 0.1) is 0 Å². The third-order valence-electron chi connectivity index (χ3n) is 2.63. The Morgan fingerprint density at radius 2 is 1.85 bits per heavy atom. The highest BCUT2D eigenvalue weighted by Gasteiger charge is 2.19. The molecule has 0 radical (unpaired) electrons. The van der Waals surface area contributed by atoms with Gasteiger partial charge in [0.05, 0.1) is 14.2 Å². The van der Waals surface area contributed by atoms with E-state index in [4.69, 9.17) is 9.47 Å². The van der Waals surface area contributed by atoms with E-state index in [9.17, 15) is 8.42 Å². The van der Waals surface area contributed by atoms with Gasteiger partial charge in [0.15, 0.2) is 0 Å². The molecule has 0 aliphatic heterocycles. The van der Waals surface area contributed by atoms with Gasteiger partial charge in [0.2, 0.25) is 10.0 Å². The zero-order chi connectivity index (χ0) is 15.2. The first-order valence-electron chi connectivity index (χ1n) is 6.35.